The zero-order valence-corrected chi connectivity index (χ0v) is 29.8. The van der Waals surface area contributed by atoms with Crippen LogP contribution in [0.3, 0.4) is 0 Å². The molecule has 52 heavy (non-hydrogen) atoms. The molecule has 260 valence electrons. The molecule has 10 heteroatoms. The summed E-state index contributed by atoms with van der Waals surface area (Å²) < 4.78 is 0. The molecule has 2 amide bonds. The number of nitrogens with zero attached hydrogens (tertiary/aromatic N) is 3. The van der Waals surface area contributed by atoms with E-state index in [9.17, 15) is 9.59 Å². The molecule has 7 heterocycles. The molecule has 5 aromatic rings. The van der Waals surface area contributed by atoms with Gasteiger partial charge in [-0.15, -0.1) is 0 Å². The molecule has 0 atom stereocenters. The van der Waals surface area contributed by atoms with Crippen LogP contribution in [-0.2, 0) is 36.5 Å². The third-order valence-corrected chi connectivity index (χ3v) is 14.3. The van der Waals surface area contributed by atoms with Crippen molar-refractivity contribution in [3.8, 4) is 33.8 Å². The highest BCUT2D eigenvalue weighted by molar-refractivity contribution is 6.29. The Morgan fingerprint density at radius 1 is 0.635 bits per heavy atom. The van der Waals surface area contributed by atoms with Crippen molar-refractivity contribution >= 4 is 23.4 Å². The largest absolute Gasteiger partial charge is 0.357 e. The maximum Gasteiger partial charge on any atom is 0.253 e. The first kappa shape index (κ1) is 29.8. The number of aromatic amines is 2. The Hall–Kier alpha value is -4.76. The lowest BCUT2D eigenvalue weighted by Crippen LogP contribution is -2.51. The fourth-order valence-electron chi connectivity index (χ4n) is 10.8. The Kier molecular flexibility index (Phi) is 5.50. The summed E-state index contributed by atoms with van der Waals surface area (Å²) in [5.74, 6) is 0.254. The van der Waals surface area contributed by atoms with Gasteiger partial charge in [-0.1, -0.05) is 11.6 Å². The van der Waals surface area contributed by atoms with E-state index < -0.39 is 0 Å². The van der Waals surface area contributed by atoms with Crippen LogP contribution in [0.4, 0.5) is 0 Å². The molecule has 8 aliphatic rings. The topological polar surface area (TPSA) is 128 Å². The summed E-state index contributed by atoms with van der Waals surface area (Å²) in [6.07, 6.45) is 18.6. The van der Waals surface area contributed by atoms with Gasteiger partial charge >= 0.3 is 0 Å². The number of nitrogens with one attached hydrogen (secondary N) is 4. The Labute approximate surface area is 305 Å². The van der Waals surface area contributed by atoms with Gasteiger partial charge in [-0.05, 0) is 130 Å². The van der Waals surface area contributed by atoms with E-state index in [1.165, 1.54) is 64.9 Å². The van der Waals surface area contributed by atoms with Crippen LogP contribution in [-0.4, -0.2) is 47.8 Å². The first-order valence-corrected chi connectivity index (χ1v) is 19.3. The minimum absolute atomic E-state index is 0.0321. The van der Waals surface area contributed by atoms with E-state index in [-0.39, 0.29) is 33.7 Å². The number of halogens is 1. The smallest absolute Gasteiger partial charge is 0.253 e. The first-order valence-electron chi connectivity index (χ1n) is 19.0. The van der Waals surface area contributed by atoms with Gasteiger partial charge in [0, 0.05) is 63.2 Å². The van der Waals surface area contributed by atoms with Gasteiger partial charge in [-0.3, -0.25) is 19.6 Å². The van der Waals surface area contributed by atoms with Crippen LogP contribution in [0.1, 0.15) is 111 Å². The molecule has 5 aromatic heterocycles. The normalized spacial score (nSPS) is 22.5. The van der Waals surface area contributed by atoms with Crippen molar-refractivity contribution in [3.05, 3.63) is 98.5 Å². The summed E-state index contributed by atoms with van der Waals surface area (Å²) in [7, 11) is 0. The monoisotopic (exact) mass is 707 g/mol. The molecule has 4 N–H and O–H groups in total. The Morgan fingerprint density at radius 2 is 1.17 bits per heavy atom. The second-order valence-electron chi connectivity index (χ2n) is 16.8. The molecule has 4 spiro atoms. The fourth-order valence-corrected chi connectivity index (χ4v) is 11.0. The molecule has 0 unspecified atom stereocenters. The maximum atomic E-state index is 13.1. The standard InChI is InChI=1S/C24H22N4O.C18H16ClN3O/c1-13-2-3-15(12-25-13)18-10-17-14(11-26-18)4-5-16-19-21(27-20(16)17)23(6-7-23)24(8-9-24)28-22(19)29;19-12-7-11-9(8-20-12)1-2-10-13-15(21-14(10)11)17(3-4-17)18(5-6-18)22-16(13)23/h2-3,10-12,27H,4-9H2,1H3,(H,28,29);7-8,21H,1-6H2,(H,22,23). The number of aromatic nitrogens is 5. The number of fused-ring (bicyclic) bond motifs is 14. The van der Waals surface area contributed by atoms with Crippen LogP contribution in [0, 0.1) is 6.92 Å². The van der Waals surface area contributed by atoms with Gasteiger partial charge in [0.2, 0.25) is 0 Å². The van der Waals surface area contributed by atoms with E-state index in [1.807, 2.05) is 37.6 Å². The van der Waals surface area contributed by atoms with Crippen LogP contribution < -0.4 is 10.6 Å². The maximum absolute atomic E-state index is 13.1. The van der Waals surface area contributed by atoms with E-state index in [2.05, 4.69) is 42.7 Å². The summed E-state index contributed by atoms with van der Waals surface area (Å²) in [5.41, 5.74) is 17.0. The minimum Gasteiger partial charge on any atom is -0.357 e. The summed E-state index contributed by atoms with van der Waals surface area (Å²) in [5, 5.41) is 7.26. The highest BCUT2D eigenvalue weighted by Crippen LogP contribution is 2.68. The first-order chi connectivity index (χ1) is 25.2. The van der Waals surface area contributed by atoms with Crippen LogP contribution in [0.2, 0.25) is 5.15 Å². The van der Waals surface area contributed by atoms with Gasteiger partial charge in [0.1, 0.15) is 5.15 Å². The average Bonchev–Trinajstić information content (AvgIpc) is 3.97. The number of carbonyl (C=O) groups excluding carboxylic acids is 2. The van der Waals surface area contributed by atoms with Gasteiger partial charge in [0.05, 0.1) is 39.3 Å². The summed E-state index contributed by atoms with van der Waals surface area (Å²) in [6, 6.07) is 8.20. The van der Waals surface area contributed by atoms with Crippen molar-refractivity contribution in [3.63, 3.8) is 0 Å². The predicted octanol–water partition coefficient (Wildman–Crippen LogP) is 6.99. The van der Waals surface area contributed by atoms with Gasteiger partial charge in [-0.25, -0.2) is 4.98 Å². The van der Waals surface area contributed by atoms with E-state index in [0.717, 1.165) is 96.4 Å². The molecule has 9 nitrogen and oxygen atoms in total. The van der Waals surface area contributed by atoms with Crippen molar-refractivity contribution in [1.82, 2.24) is 35.6 Å². The molecule has 2 aliphatic heterocycles. The van der Waals surface area contributed by atoms with Crippen molar-refractivity contribution < 1.29 is 9.59 Å². The van der Waals surface area contributed by atoms with Crippen LogP contribution >= 0.6 is 11.6 Å². The lowest BCUT2D eigenvalue weighted by molar-refractivity contribution is 0.0890. The summed E-state index contributed by atoms with van der Waals surface area (Å²) in [4.78, 5) is 46.6. The molecule has 6 aliphatic carbocycles. The number of hydrogen-bond donors (Lipinski definition) is 4. The molecule has 4 fully saturated rings. The van der Waals surface area contributed by atoms with Gasteiger partial charge in [0.15, 0.2) is 0 Å². The molecular weight excluding hydrogens is 670 g/mol. The fraction of sp³-hybridized carbons (Fsp3) is 0.405. The van der Waals surface area contributed by atoms with E-state index in [0.29, 0.717) is 5.15 Å². The van der Waals surface area contributed by atoms with E-state index in [1.54, 1.807) is 0 Å². The molecule has 13 rings (SSSR count). The van der Waals surface area contributed by atoms with Gasteiger partial charge in [-0.2, -0.15) is 0 Å². The lowest BCUT2D eigenvalue weighted by Gasteiger charge is -2.33. The predicted molar refractivity (Wildman–Crippen MR) is 197 cm³/mol. The zero-order chi connectivity index (χ0) is 34.8. The molecule has 0 bridgehead atoms. The third-order valence-electron chi connectivity index (χ3n) is 14.1. The average molecular weight is 708 g/mol. The van der Waals surface area contributed by atoms with Crippen LogP contribution in [0.5, 0.6) is 0 Å². The number of rotatable bonds is 1. The number of pyridine rings is 3. The quantitative estimate of drug-likeness (QED) is 0.140. The number of carbonyl (C=O) groups is 2. The summed E-state index contributed by atoms with van der Waals surface area (Å²) in [6.45, 7) is 1.99. The van der Waals surface area contributed by atoms with Crippen LogP contribution in [0.25, 0.3) is 33.8 Å². The summed E-state index contributed by atoms with van der Waals surface area (Å²) >= 11 is 6.12. The molecule has 0 radical (unpaired) electrons. The van der Waals surface area contributed by atoms with Gasteiger partial charge < -0.3 is 20.6 Å². The molecule has 0 saturated heterocycles. The lowest BCUT2D eigenvalue weighted by atomic mass is 9.81. The zero-order valence-electron chi connectivity index (χ0n) is 29.1. The Morgan fingerprint density at radius 3 is 1.67 bits per heavy atom. The highest BCUT2D eigenvalue weighted by atomic mass is 35.5. The van der Waals surface area contributed by atoms with E-state index in [4.69, 9.17) is 16.6 Å². The number of aryl methyl sites for hydroxylation is 3. The molecular formula is C42H38ClN7O2. The molecule has 0 aromatic carbocycles. The van der Waals surface area contributed by atoms with Crippen molar-refractivity contribution in [2.45, 2.75) is 106 Å². The van der Waals surface area contributed by atoms with Crippen molar-refractivity contribution in [2.75, 3.05) is 0 Å². The van der Waals surface area contributed by atoms with Crippen molar-refractivity contribution in [2.24, 2.45) is 0 Å². The Bertz CT molecular complexity index is 2460. The van der Waals surface area contributed by atoms with Gasteiger partial charge in [0.25, 0.3) is 11.8 Å². The van der Waals surface area contributed by atoms with Crippen LogP contribution in [0.15, 0.2) is 42.9 Å². The number of hydrogen-bond acceptors (Lipinski definition) is 5. The Balaban J connectivity index is 0.000000121. The SMILES string of the molecule is Cc1ccc(-c2cc3c(cn2)CCc2c-3[nH]c3c2C(=O)NC2(CC2)C32CC2)cn1.O=C1NC2(CC2)C2(CC2)c2[nH]c3c(c21)CCc1cnc(Cl)cc1-3. The number of amides is 2. The highest BCUT2D eigenvalue weighted by Gasteiger charge is 2.72. The molecule has 4 saturated carbocycles. The minimum atomic E-state index is 0.0321. The third kappa shape index (κ3) is 3.77. The second-order valence-corrected chi connectivity index (χ2v) is 17.2. The van der Waals surface area contributed by atoms with Crippen molar-refractivity contribution in [1.29, 1.82) is 0 Å². The number of H-pyrrole nitrogens is 2. The van der Waals surface area contributed by atoms with E-state index >= 15 is 0 Å². The second kappa shape index (κ2) is 9.61.